The zero-order chi connectivity index (χ0) is 20.0. The molecule has 1 aromatic carbocycles. The maximum atomic E-state index is 12.4. The lowest BCUT2D eigenvalue weighted by molar-refractivity contribution is -0.142. The molecule has 1 aromatic rings. The van der Waals surface area contributed by atoms with Crippen molar-refractivity contribution in [1.82, 2.24) is 10.2 Å². The van der Waals surface area contributed by atoms with Crippen LogP contribution < -0.4 is 14.8 Å². The predicted octanol–water partition coefficient (Wildman–Crippen LogP) is 2.65. The Labute approximate surface area is 162 Å². The van der Waals surface area contributed by atoms with Crippen molar-refractivity contribution >= 4 is 11.8 Å². The summed E-state index contributed by atoms with van der Waals surface area (Å²) in [7, 11) is 3.22. The van der Waals surface area contributed by atoms with E-state index in [1.54, 1.807) is 14.2 Å². The number of benzene rings is 1. The Kier molecular flexibility index (Phi) is 7.11. The van der Waals surface area contributed by atoms with Crippen molar-refractivity contribution in [3.8, 4) is 11.5 Å². The van der Waals surface area contributed by atoms with Crippen molar-refractivity contribution in [2.75, 3.05) is 33.9 Å². The number of methoxy groups -OCH3 is 2. The van der Waals surface area contributed by atoms with Gasteiger partial charge in [-0.15, -0.1) is 0 Å². The van der Waals surface area contributed by atoms with Gasteiger partial charge in [-0.05, 0) is 37.0 Å². The Morgan fingerprint density at radius 1 is 1.11 bits per heavy atom. The Morgan fingerprint density at radius 3 is 2.30 bits per heavy atom. The molecule has 0 saturated carbocycles. The van der Waals surface area contributed by atoms with Gasteiger partial charge in [-0.25, -0.2) is 0 Å². The van der Waals surface area contributed by atoms with Gasteiger partial charge < -0.3 is 19.7 Å². The highest BCUT2D eigenvalue weighted by atomic mass is 16.5. The van der Waals surface area contributed by atoms with E-state index in [2.05, 4.69) is 5.32 Å². The lowest BCUT2D eigenvalue weighted by atomic mass is 9.90. The first-order valence-electron chi connectivity index (χ1n) is 9.54. The molecule has 150 valence electrons. The summed E-state index contributed by atoms with van der Waals surface area (Å²) in [6, 6.07) is 5.78. The molecule has 1 aliphatic rings. The van der Waals surface area contributed by atoms with Crippen LogP contribution in [0.5, 0.6) is 11.5 Å². The molecule has 1 heterocycles. The van der Waals surface area contributed by atoms with Crippen molar-refractivity contribution in [3.63, 3.8) is 0 Å². The summed E-state index contributed by atoms with van der Waals surface area (Å²) in [4.78, 5) is 26.6. The average Bonchev–Trinajstić information content (AvgIpc) is 2.66. The standard InChI is InChI=1S/C21H32N2O4/c1-21(2,3)20(25)23-12-9-16(10-13-23)19(24)22-11-8-15-6-7-17(26-4)18(14-15)27-5/h6-7,14,16H,8-13H2,1-5H3,(H,22,24). The molecule has 0 spiro atoms. The molecule has 1 aliphatic heterocycles. The van der Waals surface area contributed by atoms with Crippen molar-refractivity contribution in [3.05, 3.63) is 23.8 Å². The summed E-state index contributed by atoms with van der Waals surface area (Å²) in [6.45, 7) is 7.69. The molecule has 0 unspecified atom stereocenters. The van der Waals surface area contributed by atoms with Gasteiger partial charge in [-0.2, -0.15) is 0 Å². The maximum absolute atomic E-state index is 12.4. The Bertz CT molecular complexity index is 659. The molecule has 0 bridgehead atoms. The fraction of sp³-hybridized carbons (Fsp3) is 0.619. The number of amides is 2. The molecule has 27 heavy (non-hydrogen) atoms. The van der Waals surface area contributed by atoms with Crippen molar-refractivity contribution in [2.24, 2.45) is 11.3 Å². The van der Waals surface area contributed by atoms with Gasteiger partial charge in [0.25, 0.3) is 0 Å². The highest BCUT2D eigenvalue weighted by molar-refractivity contribution is 5.82. The molecule has 1 fully saturated rings. The largest absolute Gasteiger partial charge is 0.493 e. The number of likely N-dealkylation sites (tertiary alicyclic amines) is 1. The normalized spacial score (nSPS) is 15.4. The van der Waals surface area contributed by atoms with E-state index >= 15 is 0 Å². The van der Waals surface area contributed by atoms with Crippen LogP contribution in [-0.2, 0) is 16.0 Å². The van der Waals surface area contributed by atoms with Gasteiger partial charge in [0.15, 0.2) is 11.5 Å². The summed E-state index contributed by atoms with van der Waals surface area (Å²) in [5.41, 5.74) is 0.715. The second-order valence-electron chi connectivity index (χ2n) is 8.05. The van der Waals surface area contributed by atoms with E-state index in [1.165, 1.54) is 0 Å². The zero-order valence-corrected chi connectivity index (χ0v) is 17.1. The lowest BCUT2D eigenvalue weighted by Crippen LogP contribution is -2.46. The fourth-order valence-corrected chi connectivity index (χ4v) is 3.33. The predicted molar refractivity (Wildman–Crippen MR) is 105 cm³/mol. The van der Waals surface area contributed by atoms with Crippen molar-refractivity contribution in [1.29, 1.82) is 0 Å². The third-order valence-corrected chi connectivity index (χ3v) is 4.96. The number of nitrogens with zero attached hydrogens (tertiary/aromatic N) is 1. The summed E-state index contributed by atoms with van der Waals surface area (Å²) in [5.74, 6) is 1.62. The van der Waals surface area contributed by atoms with E-state index in [-0.39, 0.29) is 23.1 Å². The molecule has 0 radical (unpaired) electrons. The van der Waals surface area contributed by atoms with Crippen LogP contribution in [0.15, 0.2) is 18.2 Å². The molecule has 2 rings (SSSR count). The monoisotopic (exact) mass is 376 g/mol. The third kappa shape index (κ3) is 5.62. The number of hydrogen-bond acceptors (Lipinski definition) is 4. The second-order valence-corrected chi connectivity index (χ2v) is 8.05. The first-order valence-corrected chi connectivity index (χ1v) is 9.54. The van der Waals surface area contributed by atoms with Gasteiger partial charge in [0.2, 0.25) is 11.8 Å². The average molecular weight is 376 g/mol. The Morgan fingerprint density at radius 2 is 1.74 bits per heavy atom. The zero-order valence-electron chi connectivity index (χ0n) is 17.1. The van der Waals surface area contributed by atoms with E-state index in [1.807, 2.05) is 43.9 Å². The number of nitrogens with one attached hydrogen (secondary N) is 1. The molecule has 0 aliphatic carbocycles. The van der Waals surface area contributed by atoms with Gasteiger partial charge in [-0.3, -0.25) is 9.59 Å². The fourth-order valence-electron chi connectivity index (χ4n) is 3.33. The number of hydrogen-bond donors (Lipinski definition) is 1. The topological polar surface area (TPSA) is 67.9 Å². The van der Waals surface area contributed by atoms with Crippen LogP contribution in [-0.4, -0.2) is 50.6 Å². The van der Waals surface area contributed by atoms with E-state index in [0.29, 0.717) is 31.1 Å². The van der Waals surface area contributed by atoms with Gasteiger partial charge in [-0.1, -0.05) is 26.8 Å². The maximum Gasteiger partial charge on any atom is 0.227 e. The minimum absolute atomic E-state index is 0.0144. The molecule has 1 N–H and O–H groups in total. The van der Waals surface area contributed by atoms with Crippen LogP contribution >= 0.6 is 0 Å². The summed E-state index contributed by atoms with van der Waals surface area (Å²) < 4.78 is 10.5. The summed E-state index contributed by atoms with van der Waals surface area (Å²) in [5, 5.41) is 3.03. The summed E-state index contributed by atoms with van der Waals surface area (Å²) in [6.07, 6.45) is 2.18. The van der Waals surface area contributed by atoms with Gasteiger partial charge in [0.05, 0.1) is 14.2 Å². The third-order valence-electron chi connectivity index (χ3n) is 4.96. The molecule has 0 atom stereocenters. The van der Waals surface area contributed by atoms with Crippen LogP contribution in [0.4, 0.5) is 0 Å². The molecular weight excluding hydrogens is 344 g/mol. The van der Waals surface area contributed by atoms with E-state index in [9.17, 15) is 9.59 Å². The Balaban J connectivity index is 1.78. The van der Waals surface area contributed by atoms with Crippen LogP contribution in [0.3, 0.4) is 0 Å². The first-order chi connectivity index (χ1) is 12.8. The molecule has 6 heteroatoms. The van der Waals surface area contributed by atoms with E-state index in [0.717, 1.165) is 24.8 Å². The number of carbonyl (C=O) groups is 2. The molecular formula is C21H32N2O4. The Hall–Kier alpha value is -2.24. The van der Waals surface area contributed by atoms with E-state index < -0.39 is 0 Å². The van der Waals surface area contributed by atoms with Crippen LogP contribution in [0.25, 0.3) is 0 Å². The second kappa shape index (κ2) is 9.11. The number of piperidine rings is 1. The van der Waals surface area contributed by atoms with E-state index in [4.69, 9.17) is 9.47 Å². The quantitative estimate of drug-likeness (QED) is 0.829. The van der Waals surface area contributed by atoms with Gasteiger partial charge in [0, 0.05) is 31.0 Å². The van der Waals surface area contributed by atoms with Crippen LogP contribution in [0, 0.1) is 11.3 Å². The smallest absolute Gasteiger partial charge is 0.227 e. The summed E-state index contributed by atoms with van der Waals surface area (Å²) >= 11 is 0. The minimum atomic E-state index is -0.367. The van der Waals surface area contributed by atoms with Gasteiger partial charge >= 0.3 is 0 Å². The molecule has 2 amide bonds. The molecule has 1 saturated heterocycles. The lowest BCUT2D eigenvalue weighted by Gasteiger charge is -2.35. The highest BCUT2D eigenvalue weighted by Crippen LogP contribution is 2.27. The molecule has 6 nitrogen and oxygen atoms in total. The van der Waals surface area contributed by atoms with Crippen LogP contribution in [0.2, 0.25) is 0 Å². The number of ether oxygens (including phenoxy) is 2. The number of carbonyl (C=O) groups excluding carboxylic acids is 2. The number of rotatable bonds is 6. The first kappa shape index (κ1) is 21.1. The van der Waals surface area contributed by atoms with Gasteiger partial charge in [0.1, 0.15) is 0 Å². The van der Waals surface area contributed by atoms with Crippen molar-refractivity contribution < 1.29 is 19.1 Å². The van der Waals surface area contributed by atoms with Crippen LogP contribution in [0.1, 0.15) is 39.2 Å². The molecule has 0 aromatic heterocycles. The highest BCUT2D eigenvalue weighted by Gasteiger charge is 2.32. The minimum Gasteiger partial charge on any atom is -0.493 e. The SMILES string of the molecule is COc1ccc(CCNC(=O)C2CCN(C(=O)C(C)(C)C)CC2)cc1OC. The van der Waals surface area contributed by atoms with Crippen molar-refractivity contribution in [2.45, 2.75) is 40.0 Å².